The zero-order chi connectivity index (χ0) is 30.7. The van der Waals surface area contributed by atoms with Gasteiger partial charge in [-0.25, -0.2) is 9.69 Å². The molecule has 0 spiro atoms. The van der Waals surface area contributed by atoms with Gasteiger partial charge in [-0.2, -0.15) is 13.2 Å². The topological polar surface area (TPSA) is 92.8 Å². The van der Waals surface area contributed by atoms with Crippen LogP contribution in [0, 0.1) is 11.8 Å². The number of amides is 3. The van der Waals surface area contributed by atoms with E-state index in [4.69, 9.17) is 4.74 Å². The number of anilines is 2. The molecule has 4 aromatic carbocycles. The molecular formula is C34H23F3N2O5. The Labute approximate surface area is 249 Å². The van der Waals surface area contributed by atoms with Gasteiger partial charge in [-0.3, -0.25) is 14.4 Å². The van der Waals surface area contributed by atoms with Crippen LogP contribution in [-0.2, 0) is 25.3 Å². The zero-order valence-corrected chi connectivity index (χ0v) is 22.9. The average molecular weight is 597 g/mol. The first-order valence-corrected chi connectivity index (χ1v) is 13.9. The van der Waals surface area contributed by atoms with Crippen LogP contribution in [0.15, 0.2) is 97.1 Å². The zero-order valence-electron chi connectivity index (χ0n) is 22.9. The lowest BCUT2D eigenvalue weighted by molar-refractivity contribution is -0.137. The van der Waals surface area contributed by atoms with Gasteiger partial charge in [0.25, 0.3) is 5.91 Å². The largest absolute Gasteiger partial charge is 0.452 e. The summed E-state index contributed by atoms with van der Waals surface area (Å²) in [6, 6.07) is 25.7. The molecule has 8 rings (SSSR count). The molecule has 4 aromatic rings. The molecule has 10 heteroatoms. The molecule has 4 aliphatic rings. The number of carbonyl (C=O) groups is 4. The first-order chi connectivity index (χ1) is 21.1. The maximum atomic E-state index is 13.9. The Hall–Kier alpha value is -5.25. The minimum absolute atomic E-state index is 0.0667. The Bertz CT molecular complexity index is 1740. The Balaban J connectivity index is 1.06. The van der Waals surface area contributed by atoms with E-state index >= 15 is 0 Å². The summed E-state index contributed by atoms with van der Waals surface area (Å²) < 4.78 is 43.8. The Kier molecular flexibility index (Phi) is 6.38. The van der Waals surface area contributed by atoms with E-state index < -0.39 is 42.1 Å². The lowest BCUT2D eigenvalue weighted by atomic mass is 9.55. The quantitative estimate of drug-likeness (QED) is 0.229. The Morgan fingerprint density at radius 1 is 0.727 bits per heavy atom. The molecule has 1 N–H and O–H groups in total. The molecule has 0 radical (unpaired) electrons. The van der Waals surface area contributed by atoms with Crippen molar-refractivity contribution < 1.29 is 37.1 Å². The van der Waals surface area contributed by atoms with Gasteiger partial charge in [0, 0.05) is 17.5 Å². The number of benzene rings is 4. The molecule has 1 fully saturated rings. The Morgan fingerprint density at radius 3 is 1.75 bits per heavy atom. The third kappa shape index (κ3) is 4.36. The van der Waals surface area contributed by atoms with E-state index in [1.807, 2.05) is 48.5 Å². The predicted molar refractivity (Wildman–Crippen MR) is 153 cm³/mol. The fraction of sp³-hybridized carbons (Fsp3) is 0.176. The van der Waals surface area contributed by atoms with Crippen molar-refractivity contribution in [1.82, 2.24) is 0 Å². The second-order valence-electron chi connectivity index (χ2n) is 11.0. The highest BCUT2D eigenvalue weighted by Crippen LogP contribution is 2.61. The van der Waals surface area contributed by atoms with Gasteiger partial charge in [0.1, 0.15) is 0 Å². The molecule has 2 bridgehead atoms. The van der Waals surface area contributed by atoms with Crippen molar-refractivity contribution in [2.75, 3.05) is 16.8 Å². The summed E-state index contributed by atoms with van der Waals surface area (Å²) in [5.41, 5.74) is 3.63. The van der Waals surface area contributed by atoms with Crippen LogP contribution in [0.25, 0.3) is 0 Å². The summed E-state index contributed by atoms with van der Waals surface area (Å²) in [5.74, 6) is -3.82. The van der Waals surface area contributed by atoms with Crippen molar-refractivity contribution in [2.45, 2.75) is 18.0 Å². The monoisotopic (exact) mass is 596 g/mol. The molecule has 2 atom stereocenters. The van der Waals surface area contributed by atoms with Gasteiger partial charge < -0.3 is 10.1 Å². The van der Waals surface area contributed by atoms with Gasteiger partial charge in [0.05, 0.1) is 28.7 Å². The number of alkyl halides is 3. The number of rotatable bonds is 5. The van der Waals surface area contributed by atoms with Crippen LogP contribution in [0.2, 0.25) is 0 Å². The summed E-state index contributed by atoms with van der Waals surface area (Å²) >= 11 is 0. The molecule has 1 heterocycles. The van der Waals surface area contributed by atoms with Crippen molar-refractivity contribution in [1.29, 1.82) is 0 Å². The van der Waals surface area contributed by atoms with Crippen LogP contribution >= 0.6 is 0 Å². The number of ether oxygens (including phenoxy) is 1. The standard InChI is InChI=1S/C34H23F3N2O5/c35-34(36,37)19-6-5-7-20(16-19)38-26(40)17-44-33(43)18-12-14-21(15-13-18)39-31(41)29-27-22-8-1-2-9-23(22)28(30(29)32(39)42)25-11-4-3-10-24(25)27/h1-16,27-30H,17H2,(H,38,40)/t27?,28?,29-,30-/m0/s1. The van der Waals surface area contributed by atoms with E-state index in [1.165, 1.54) is 35.2 Å². The molecular weight excluding hydrogens is 573 g/mol. The third-order valence-corrected chi connectivity index (χ3v) is 8.62. The molecule has 44 heavy (non-hydrogen) atoms. The number of imide groups is 1. The van der Waals surface area contributed by atoms with Crippen LogP contribution in [-0.4, -0.2) is 30.3 Å². The summed E-state index contributed by atoms with van der Waals surface area (Å²) in [6.45, 7) is -0.729. The lowest BCUT2D eigenvalue weighted by Gasteiger charge is -2.45. The van der Waals surface area contributed by atoms with Gasteiger partial charge in [0.15, 0.2) is 6.61 Å². The number of hydrogen-bond donors (Lipinski definition) is 1. The number of nitrogens with zero attached hydrogens (tertiary/aromatic N) is 1. The van der Waals surface area contributed by atoms with E-state index in [2.05, 4.69) is 5.32 Å². The minimum atomic E-state index is -4.57. The molecule has 7 nitrogen and oxygen atoms in total. The first-order valence-electron chi connectivity index (χ1n) is 13.9. The highest BCUT2D eigenvalue weighted by molar-refractivity contribution is 6.23. The highest BCUT2D eigenvalue weighted by atomic mass is 19.4. The molecule has 1 aliphatic heterocycles. The maximum absolute atomic E-state index is 13.9. The van der Waals surface area contributed by atoms with Gasteiger partial charge in [-0.1, -0.05) is 54.6 Å². The average Bonchev–Trinajstić information content (AvgIpc) is 3.29. The van der Waals surface area contributed by atoms with Crippen LogP contribution in [0.5, 0.6) is 0 Å². The smallest absolute Gasteiger partial charge is 0.416 e. The highest BCUT2D eigenvalue weighted by Gasteiger charge is 2.61. The molecule has 0 saturated carbocycles. The van der Waals surface area contributed by atoms with Crippen molar-refractivity contribution in [3.05, 3.63) is 130 Å². The summed E-state index contributed by atoms with van der Waals surface area (Å²) in [6.07, 6.45) is -4.57. The van der Waals surface area contributed by atoms with Crippen molar-refractivity contribution in [2.24, 2.45) is 11.8 Å². The minimum Gasteiger partial charge on any atom is -0.452 e. The number of esters is 1. The second kappa shape index (κ2) is 10.2. The molecule has 3 amide bonds. The van der Waals surface area contributed by atoms with E-state index in [0.717, 1.165) is 40.5 Å². The predicted octanol–water partition coefficient (Wildman–Crippen LogP) is 5.90. The summed E-state index contributed by atoms with van der Waals surface area (Å²) in [7, 11) is 0. The fourth-order valence-corrected chi connectivity index (χ4v) is 6.86. The van der Waals surface area contributed by atoms with E-state index in [-0.39, 0.29) is 34.9 Å². The van der Waals surface area contributed by atoms with Crippen LogP contribution < -0.4 is 10.2 Å². The van der Waals surface area contributed by atoms with E-state index in [1.54, 1.807) is 0 Å². The van der Waals surface area contributed by atoms with Gasteiger partial charge in [0.2, 0.25) is 11.8 Å². The van der Waals surface area contributed by atoms with Gasteiger partial charge in [-0.05, 0) is 64.7 Å². The molecule has 3 aliphatic carbocycles. The number of nitrogens with one attached hydrogen (secondary N) is 1. The first kappa shape index (κ1) is 27.6. The normalized spacial score (nSPS) is 21.4. The maximum Gasteiger partial charge on any atom is 0.416 e. The molecule has 220 valence electrons. The number of carbonyl (C=O) groups excluding carboxylic acids is 4. The summed E-state index contributed by atoms with van der Waals surface area (Å²) in [5, 5.41) is 2.27. The SMILES string of the molecule is O=C(COC(=O)c1ccc(N2C(=O)[C@H]3C4c5ccccc5C(c5ccccc54)[C@@H]3C2=O)cc1)Nc1cccc(C(F)(F)F)c1. The van der Waals surface area contributed by atoms with Gasteiger partial charge in [-0.15, -0.1) is 0 Å². The van der Waals surface area contributed by atoms with E-state index in [0.29, 0.717) is 5.69 Å². The lowest BCUT2D eigenvalue weighted by Crippen LogP contribution is -2.41. The van der Waals surface area contributed by atoms with Gasteiger partial charge >= 0.3 is 12.1 Å². The van der Waals surface area contributed by atoms with Crippen molar-refractivity contribution in [3.63, 3.8) is 0 Å². The summed E-state index contributed by atoms with van der Waals surface area (Å²) in [4.78, 5) is 53.8. The van der Waals surface area contributed by atoms with Crippen LogP contribution in [0.1, 0.15) is 50.0 Å². The van der Waals surface area contributed by atoms with Crippen molar-refractivity contribution >= 4 is 35.1 Å². The van der Waals surface area contributed by atoms with Crippen LogP contribution in [0.3, 0.4) is 0 Å². The molecule has 0 aromatic heterocycles. The molecule has 1 saturated heterocycles. The fourth-order valence-electron chi connectivity index (χ4n) is 6.86. The van der Waals surface area contributed by atoms with E-state index in [9.17, 15) is 32.3 Å². The Morgan fingerprint density at radius 2 is 1.25 bits per heavy atom. The van der Waals surface area contributed by atoms with Crippen LogP contribution in [0.4, 0.5) is 24.5 Å². The number of halogens is 3. The molecule has 0 unspecified atom stereocenters. The third-order valence-electron chi connectivity index (χ3n) is 8.62. The second-order valence-corrected chi connectivity index (χ2v) is 11.0. The number of hydrogen-bond acceptors (Lipinski definition) is 5. The van der Waals surface area contributed by atoms with Crippen molar-refractivity contribution in [3.8, 4) is 0 Å².